The molecule has 0 fully saturated rings. The van der Waals surface area contributed by atoms with Gasteiger partial charge in [0.05, 0.1) is 23.2 Å². The van der Waals surface area contributed by atoms with Gasteiger partial charge in [-0.2, -0.15) is 0 Å². The van der Waals surface area contributed by atoms with Crippen molar-refractivity contribution in [1.29, 1.82) is 0 Å². The van der Waals surface area contributed by atoms with Crippen LogP contribution >= 0.6 is 27.3 Å². The van der Waals surface area contributed by atoms with Gasteiger partial charge in [-0.25, -0.2) is 4.98 Å². The van der Waals surface area contributed by atoms with Crippen molar-refractivity contribution >= 4 is 49.1 Å². The number of nitrogens with one attached hydrogen (secondary N) is 1. The van der Waals surface area contributed by atoms with E-state index in [4.69, 9.17) is 9.15 Å². The largest absolute Gasteiger partial charge is 0.494 e. The lowest BCUT2D eigenvalue weighted by Crippen LogP contribution is -2.15. The second-order valence-electron chi connectivity index (χ2n) is 7.74. The zero-order valence-electron chi connectivity index (χ0n) is 18.4. The number of thiazole rings is 1. The summed E-state index contributed by atoms with van der Waals surface area (Å²) in [7, 11) is 4.07. The molecule has 2 heterocycles. The molecule has 1 amide bonds. The highest BCUT2D eigenvalue weighted by Gasteiger charge is 2.14. The number of carbonyl (C=O) groups is 1. The minimum absolute atomic E-state index is 0.00256. The van der Waals surface area contributed by atoms with Gasteiger partial charge in [-0.15, -0.1) is 21.5 Å². The molecule has 0 saturated heterocycles. The van der Waals surface area contributed by atoms with Crippen LogP contribution in [0.2, 0.25) is 0 Å². The number of hydrogen-bond donors (Lipinski definition) is 1. The van der Waals surface area contributed by atoms with Crippen molar-refractivity contribution in [2.45, 2.75) is 19.3 Å². The second kappa shape index (κ2) is 10.9. The van der Waals surface area contributed by atoms with E-state index in [9.17, 15) is 4.79 Å². The van der Waals surface area contributed by atoms with Crippen molar-refractivity contribution in [2.24, 2.45) is 0 Å². The highest BCUT2D eigenvalue weighted by molar-refractivity contribution is 9.10. The van der Waals surface area contributed by atoms with E-state index in [-0.39, 0.29) is 18.2 Å². The third-order valence-electron chi connectivity index (χ3n) is 4.67. The first kappa shape index (κ1) is 23.3. The molecule has 2 aromatic carbocycles. The predicted octanol–water partition coefficient (Wildman–Crippen LogP) is 4.54. The number of aromatic nitrogens is 3. The maximum absolute atomic E-state index is 12.4. The predicted molar refractivity (Wildman–Crippen MR) is 132 cm³/mol. The number of hydrogen-bond acceptors (Lipinski definition) is 8. The molecule has 0 bridgehead atoms. The molecule has 0 unspecified atom stereocenters. The third-order valence-corrected chi connectivity index (χ3v) is 6.20. The van der Waals surface area contributed by atoms with Gasteiger partial charge < -0.3 is 19.4 Å². The number of ether oxygens (including phenoxy) is 1. The van der Waals surface area contributed by atoms with Gasteiger partial charge in [0.15, 0.2) is 0 Å². The average molecular weight is 530 g/mol. The Hall–Kier alpha value is -2.82. The monoisotopic (exact) mass is 529 g/mol. The molecule has 0 aliphatic carbocycles. The van der Waals surface area contributed by atoms with E-state index in [0.717, 1.165) is 38.4 Å². The summed E-state index contributed by atoms with van der Waals surface area (Å²) in [5.74, 6) is 1.25. The van der Waals surface area contributed by atoms with Gasteiger partial charge in [0.2, 0.25) is 17.7 Å². The van der Waals surface area contributed by atoms with Crippen LogP contribution in [-0.4, -0.2) is 53.2 Å². The van der Waals surface area contributed by atoms with Crippen LogP contribution in [0.1, 0.15) is 23.2 Å². The Morgan fingerprint density at radius 3 is 2.73 bits per heavy atom. The summed E-state index contributed by atoms with van der Waals surface area (Å²) in [4.78, 5) is 19.1. The van der Waals surface area contributed by atoms with Gasteiger partial charge in [0.1, 0.15) is 17.2 Å². The summed E-state index contributed by atoms with van der Waals surface area (Å²) in [6.07, 6.45) is 1.39. The van der Waals surface area contributed by atoms with Crippen LogP contribution in [0.15, 0.2) is 51.4 Å². The van der Waals surface area contributed by atoms with Gasteiger partial charge in [0.25, 0.3) is 0 Å². The fourth-order valence-corrected chi connectivity index (χ4v) is 4.42. The molecule has 33 heavy (non-hydrogen) atoms. The molecule has 172 valence electrons. The van der Waals surface area contributed by atoms with Crippen LogP contribution in [0, 0.1) is 0 Å². The van der Waals surface area contributed by atoms with E-state index in [2.05, 4.69) is 41.3 Å². The Bertz CT molecular complexity index is 1220. The Morgan fingerprint density at radius 2 is 1.94 bits per heavy atom. The smallest absolute Gasteiger partial charge is 0.233 e. The number of benzene rings is 2. The Balaban J connectivity index is 1.26. The average Bonchev–Trinajstić information content (AvgIpc) is 3.38. The van der Waals surface area contributed by atoms with Crippen molar-refractivity contribution in [1.82, 2.24) is 20.1 Å². The van der Waals surface area contributed by atoms with Crippen LogP contribution in [0.3, 0.4) is 0 Å². The van der Waals surface area contributed by atoms with Crippen molar-refractivity contribution in [3.63, 3.8) is 0 Å². The van der Waals surface area contributed by atoms with E-state index in [0.29, 0.717) is 24.6 Å². The summed E-state index contributed by atoms with van der Waals surface area (Å²) in [6, 6.07) is 13.3. The van der Waals surface area contributed by atoms with E-state index in [1.807, 2.05) is 56.6 Å². The summed E-state index contributed by atoms with van der Waals surface area (Å²) in [6.45, 7) is 1.63. The molecule has 0 spiro atoms. The van der Waals surface area contributed by atoms with Crippen LogP contribution in [0.4, 0.5) is 5.69 Å². The first-order valence-electron chi connectivity index (χ1n) is 10.5. The molecule has 0 radical (unpaired) electrons. The van der Waals surface area contributed by atoms with Gasteiger partial charge >= 0.3 is 0 Å². The highest BCUT2D eigenvalue weighted by atomic mass is 79.9. The summed E-state index contributed by atoms with van der Waals surface area (Å²) in [5.41, 5.74) is 1.61. The topological polar surface area (TPSA) is 93.4 Å². The fraction of sp³-hybridized carbons (Fsp3) is 0.304. The lowest BCUT2D eigenvalue weighted by molar-refractivity contribution is -0.115. The number of halogens is 1. The molecule has 0 aliphatic rings. The summed E-state index contributed by atoms with van der Waals surface area (Å²) < 4.78 is 13.4. The minimum Gasteiger partial charge on any atom is -0.494 e. The number of amides is 1. The van der Waals surface area contributed by atoms with E-state index in [1.54, 1.807) is 11.3 Å². The normalized spacial score (nSPS) is 11.3. The quantitative estimate of drug-likeness (QED) is 0.301. The molecule has 2 aromatic heterocycles. The van der Waals surface area contributed by atoms with E-state index in [1.165, 1.54) is 0 Å². The number of carbonyl (C=O) groups excluding carboxylic acids is 1. The lowest BCUT2D eigenvalue weighted by atomic mass is 10.3. The zero-order valence-corrected chi connectivity index (χ0v) is 20.8. The number of anilines is 1. The molecule has 0 atom stereocenters. The molecule has 1 N–H and O–H groups in total. The van der Waals surface area contributed by atoms with Gasteiger partial charge in [-0.1, -0.05) is 15.9 Å². The molecule has 4 aromatic rings. The van der Waals surface area contributed by atoms with Crippen LogP contribution in [0.25, 0.3) is 10.2 Å². The molecular formula is C23H24BrN5O3S. The summed E-state index contributed by atoms with van der Waals surface area (Å²) in [5, 5.41) is 11.8. The minimum atomic E-state index is -0.227. The number of fused-ring (bicyclic) bond motifs is 1. The second-order valence-corrected chi connectivity index (χ2v) is 9.77. The van der Waals surface area contributed by atoms with Crippen LogP contribution in [0.5, 0.6) is 5.75 Å². The van der Waals surface area contributed by atoms with Gasteiger partial charge in [-0.3, -0.25) is 4.79 Å². The molecule has 8 nitrogen and oxygen atoms in total. The number of nitrogens with zero attached hydrogens (tertiary/aromatic N) is 4. The highest BCUT2D eigenvalue weighted by Crippen LogP contribution is 2.26. The molecule has 10 heteroatoms. The van der Waals surface area contributed by atoms with E-state index < -0.39 is 0 Å². The summed E-state index contributed by atoms with van der Waals surface area (Å²) >= 11 is 5.04. The maximum Gasteiger partial charge on any atom is 0.233 e. The Labute approximate surface area is 204 Å². The molecule has 0 aliphatic heterocycles. The SMILES string of the molecule is CN(C)CCCOc1ccc(NC(=O)Cc2nnc(Cc3nc4cc(Br)ccc4s3)o2)cc1. The zero-order chi connectivity index (χ0) is 23.2. The Kier molecular flexibility index (Phi) is 7.69. The van der Waals surface area contributed by atoms with Gasteiger partial charge in [0, 0.05) is 16.7 Å². The van der Waals surface area contributed by atoms with Gasteiger partial charge in [-0.05, 0) is 63.0 Å². The van der Waals surface area contributed by atoms with Crippen molar-refractivity contribution in [3.8, 4) is 5.75 Å². The first-order chi connectivity index (χ1) is 15.9. The molecular weight excluding hydrogens is 506 g/mol. The van der Waals surface area contributed by atoms with E-state index >= 15 is 0 Å². The van der Waals surface area contributed by atoms with Crippen LogP contribution < -0.4 is 10.1 Å². The standard InChI is InChI=1S/C23H24BrN5O3S/c1-29(2)10-3-11-31-17-7-5-16(6-8-17)25-20(30)13-21-27-28-22(32-21)14-23-26-18-12-15(24)4-9-19(18)33-23/h4-9,12H,3,10-11,13-14H2,1-2H3,(H,25,30). The third kappa shape index (κ3) is 6.83. The van der Waals surface area contributed by atoms with Crippen molar-refractivity contribution in [2.75, 3.05) is 32.6 Å². The lowest BCUT2D eigenvalue weighted by Gasteiger charge is -2.11. The first-order valence-corrected chi connectivity index (χ1v) is 12.1. The molecule has 0 saturated carbocycles. The maximum atomic E-state index is 12.4. The van der Waals surface area contributed by atoms with Crippen molar-refractivity contribution < 1.29 is 13.9 Å². The molecule has 4 rings (SSSR count). The number of rotatable bonds is 10. The fourth-order valence-electron chi connectivity index (χ4n) is 3.13. The van der Waals surface area contributed by atoms with Crippen molar-refractivity contribution in [3.05, 3.63) is 63.7 Å². The Morgan fingerprint density at radius 1 is 1.15 bits per heavy atom. The van der Waals surface area contributed by atoms with Crippen LogP contribution in [-0.2, 0) is 17.6 Å².